The molecule has 3 rings (SSSR count). The van der Waals surface area contributed by atoms with Crippen LogP contribution in [0, 0.1) is 12.8 Å². The number of hydrogen-bond acceptors (Lipinski definition) is 3. The SMILES string of the molecule is Cc1ccc(C(=O)N(CC(C)C)CC2CN(C(=O)NCc3ccccc3)CCO2)cc1. The Morgan fingerprint density at radius 3 is 2.52 bits per heavy atom. The third kappa shape index (κ3) is 6.82. The number of benzene rings is 2. The van der Waals surface area contributed by atoms with E-state index >= 15 is 0 Å². The van der Waals surface area contributed by atoms with Crippen LogP contribution in [0.2, 0.25) is 0 Å². The van der Waals surface area contributed by atoms with Crippen molar-refractivity contribution in [3.05, 3.63) is 71.3 Å². The Morgan fingerprint density at radius 2 is 1.84 bits per heavy atom. The van der Waals surface area contributed by atoms with Gasteiger partial charge in [-0.15, -0.1) is 0 Å². The van der Waals surface area contributed by atoms with Gasteiger partial charge in [-0.3, -0.25) is 4.79 Å². The lowest BCUT2D eigenvalue weighted by Gasteiger charge is -2.36. The predicted octanol–water partition coefficient (Wildman–Crippen LogP) is 3.70. The molecule has 1 N–H and O–H groups in total. The van der Waals surface area contributed by atoms with Crippen LogP contribution < -0.4 is 5.32 Å². The summed E-state index contributed by atoms with van der Waals surface area (Å²) in [5.41, 5.74) is 2.87. The minimum Gasteiger partial charge on any atom is -0.373 e. The molecule has 0 radical (unpaired) electrons. The molecule has 1 aliphatic rings. The molecule has 166 valence electrons. The molecule has 1 atom stereocenters. The predicted molar refractivity (Wildman–Crippen MR) is 122 cm³/mol. The quantitative estimate of drug-likeness (QED) is 0.739. The van der Waals surface area contributed by atoms with E-state index in [1.54, 1.807) is 4.90 Å². The third-order valence-electron chi connectivity index (χ3n) is 5.31. The van der Waals surface area contributed by atoms with E-state index in [1.807, 2.05) is 66.4 Å². The molecule has 0 spiro atoms. The summed E-state index contributed by atoms with van der Waals surface area (Å²) >= 11 is 0. The fraction of sp³-hybridized carbons (Fsp3) is 0.440. The standard InChI is InChI=1S/C25H33N3O3/c1-19(2)16-28(24(29)22-11-9-20(3)10-12-22)18-23-17-27(13-14-31-23)25(30)26-15-21-7-5-4-6-8-21/h4-12,19,23H,13-18H2,1-3H3,(H,26,30). The number of ether oxygens (including phenoxy) is 1. The van der Waals surface area contributed by atoms with Crippen molar-refractivity contribution in [1.29, 1.82) is 0 Å². The van der Waals surface area contributed by atoms with Crippen molar-refractivity contribution in [2.24, 2.45) is 5.92 Å². The number of carbonyl (C=O) groups excluding carboxylic acids is 2. The first-order valence-corrected chi connectivity index (χ1v) is 11.0. The van der Waals surface area contributed by atoms with Gasteiger partial charge in [0.25, 0.3) is 5.91 Å². The molecule has 1 fully saturated rings. The molecule has 3 amide bonds. The number of aryl methyl sites for hydroxylation is 1. The Kier molecular flexibility index (Phi) is 8.06. The van der Waals surface area contributed by atoms with Crippen molar-refractivity contribution >= 4 is 11.9 Å². The highest BCUT2D eigenvalue weighted by Gasteiger charge is 2.28. The lowest BCUT2D eigenvalue weighted by Crippen LogP contribution is -2.53. The van der Waals surface area contributed by atoms with Crippen molar-refractivity contribution in [2.45, 2.75) is 33.4 Å². The second kappa shape index (κ2) is 11.0. The average molecular weight is 424 g/mol. The number of urea groups is 1. The fourth-order valence-electron chi connectivity index (χ4n) is 3.71. The van der Waals surface area contributed by atoms with Crippen LogP contribution in [0.1, 0.15) is 35.3 Å². The highest BCUT2D eigenvalue weighted by molar-refractivity contribution is 5.94. The van der Waals surface area contributed by atoms with Crippen molar-refractivity contribution < 1.29 is 14.3 Å². The van der Waals surface area contributed by atoms with Crippen LogP contribution in [0.4, 0.5) is 4.79 Å². The van der Waals surface area contributed by atoms with E-state index in [2.05, 4.69) is 19.2 Å². The molecule has 6 nitrogen and oxygen atoms in total. The number of morpholine rings is 1. The summed E-state index contributed by atoms with van der Waals surface area (Å²) in [5, 5.41) is 2.98. The van der Waals surface area contributed by atoms with Crippen molar-refractivity contribution in [3.8, 4) is 0 Å². The fourth-order valence-corrected chi connectivity index (χ4v) is 3.71. The van der Waals surface area contributed by atoms with Crippen LogP contribution in [0.25, 0.3) is 0 Å². The number of nitrogens with one attached hydrogen (secondary N) is 1. The lowest BCUT2D eigenvalue weighted by molar-refractivity contribution is -0.0287. The second-order valence-corrected chi connectivity index (χ2v) is 8.55. The Bertz CT molecular complexity index is 852. The van der Waals surface area contributed by atoms with E-state index in [0.717, 1.165) is 11.1 Å². The van der Waals surface area contributed by atoms with Crippen molar-refractivity contribution in [1.82, 2.24) is 15.1 Å². The van der Waals surface area contributed by atoms with Crippen molar-refractivity contribution in [2.75, 3.05) is 32.8 Å². The summed E-state index contributed by atoms with van der Waals surface area (Å²) < 4.78 is 5.92. The maximum atomic E-state index is 13.1. The summed E-state index contributed by atoms with van der Waals surface area (Å²) in [4.78, 5) is 29.4. The van der Waals surface area contributed by atoms with Gasteiger partial charge in [-0.25, -0.2) is 4.79 Å². The summed E-state index contributed by atoms with van der Waals surface area (Å²) in [6.07, 6.45) is -0.204. The van der Waals surface area contributed by atoms with Crippen molar-refractivity contribution in [3.63, 3.8) is 0 Å². The number of hydrogen-bond donors (Lipinski definition) is 1. The van der Waals surface area contributed by atoms with Gasteiger partial charge in [-0.05, 0) is 30.5 Å². The topological polar surface area (TPSA) is 61.9 Å². The first-order chi connectivity index (χ1) is 14.9. The normalized spacial score (nSPS) is 16.3. The first-order valence-electron chi connectivity index (χ1n) is 11.0. The van der Waals surface area contributed by atoms with Gasteiger partial charge in [0.2, 0.25) is 0 Å². The van der Waals surface area contributed by atoms with Gasteiger partial charge < -0.3 is 19.9 Å². The molecule has 0 saturated carbocycles. The van der Waals surface area contributed by atoms with E-state index in [-0.39, 0.29) is 18.0 Å². The van der Waals surface area contributed by atoms with E-state index in [0.29, 0.717) is 50.8 Å². The average Bonchev–Trinajstić information content (AvgIpc) is 2.77. The number of amides is 3. The van der Waals surface area contributed by atoms with Crippen LogP contribution in [0.3, 0.4) is 0 Å². The molecule has 0 aromatic heterocycles. The molecule has 2 aromatic rings. The first kappa shape index (κ1) is 22.8. The van der Waals surface area contributed by atoms with Crippen LogP contribution >= 0.6 is 0 Å². The molecule has 0 aliphatic carbocycles. The molecule has 2 aromatic carbocycles. The zero-order valence-electron chi connectivity index (χ0n) is 18.7. The van der Waals surface area contributed by atoms with Crippen LogP contribution in [0.15, 0.2) is 54.6 Å². The molecule has 1 saturated heterocycles. The van der Waals surface area contributed by atoms with E-state index < -0.39 is 0 Å². The van der Waals surface area contributed by atoms with Crippen LogP contribution in [0.5, 0.6) is 0 Å². The van der Waals surface area contributed by atoms with Crippen LogP contribution in [-0.4, -0.2) is 60.6 Å². The van der Waals surface area contributed by atoms with Gasteiger partial charge in [-0.2, -0.15) is 0 Å². The van der Waals surface area contributed by atoms with E-state index in [1.165, 1.54) is 0 Å². The highest BCUT2D eigenvalue weighted by atomic mass is 16.5. The molecule has 1 heterocycles. The minimum atomic E-state index is -0.204. The zero-order chi connectivity index (χ0) is 22.2. The van der Waals surface area contributed by atoms with E-state index in [9.17, 15) is 9.59 Å². The Labute approximate surface area is 185 Å². The van der Waals surface area contributed by atoms with Gasteiger partial charge in [0, 0.05) is 31.7 Å². The van der Waals surface area contributed by atoms with Gasteiger partial charge >= 0.3 is 6.03 Å². The van der Waals surface area contributed by atoms with E-state index in [4.69, 9.17) is 4.74 Å². The number of nitrogens with zero attached hydrogens (tertiary/aromatic N) is 2. The Hall–Kier alpha value is -2.86. The van der Waals surface area contributed by atoms with Gasteiger partial charge in [0.15, 0.2) is 0 Å². The van der Waals surface area contributed by atoms with Gasteiger partial charge in [0.05, 0.1) is 19.3 Å². The lowest BCUT2D eigenvalue weighted by atomic mass is 10.1. The molecule has 6 heteroatoms. The monoisotopic (exact) mass is 423 g/mol. The number of carbonyl (C=O) groups is 2. The molecule has 0 bridgehead atoms. The maximum absolute atomic E-state index is 13.1. The highest BCUT2D eigenvalue weighted by Crippen LogP contribution is 2.14. The molecular weight excluding hydrogens is 390 g/mol. The minimum absolute atomic E-state index is 0.00273. The largest absolute Gasteiger partial charge is 0.373 e. The second-order valence-electron chi connectivity index (χ2n) is 8.55. The summed E-state index contributed by atoms with van der Waals surface area (Å²) in [5.74, 6) is 0.339. The van der Waals surface area contributed by atoms with Gasteiger partial charge in [-0.1, -0.05) is 61.9 Å². The molecular formula is C25H33N3O3. The molecule has 31 heavy (non-hydrogen) atoms. The summed E-state index contributed by atoms with van der Waals surface area (Å²) in [6, 6.07) is 17.4. The summed E-state index contributed by atoms with van der Waals surface area (Å²) in [7, 11) is 0. The number of rotatable bonds is 7. The van der Waals surface area contributed by atoms with Gasteiger partial charge in [0.1, 0.15) is 0 Å². The Morgan fingerprint density at radius 1 is 1.13 bits per heavy atom. The van der Waals surface area contributed by atoms with Crippen LogP contribution in [-0.2, 0) is 11.3 Å². The summed E-state index contributed by atoms with van der Waals surface area (Å²) in [6.45, 7) is 9.29. The Balaban J connectivity index is 1.59. The maximum Gasteiger partial charge on any atom is 0.317 e. The molecule has 1 unspecified atom stereocenters. The third-order valence-corrected chi connectivity index (χ3v) is 5.31. The molecule has 1 aliphatic heterocycles. The zero-order valence-corrected chi connectivity index (χ0v) is 18.7. The smallest absolute Gasteiger partial charge is 0.317 e.